The van der Waals surface area contributed by atoms with Crippen molar-refractivity contribution in [2.45, 2.75) is 12.8 Å². The molecule has 0 bridgehead atoms. The molecule has 0 aliphatic rings. The number of rotatable bonds is 2. The lowest BCUT2D eigenvalue weighted by Crippen LogP contribution is -1.82. The highest BCUT2D eigenvalue weighted by molar-refractivity contribution is 7.14. The van der Waals surface area contributed by atoms with Crippen LogP contribution in [0.2, 0.25) is 0 Å². The van der Waals surface area contributed by atoms with Crippen molar-refractivity contribution in [3.8, 4) is 16.3 Å². The minimum Gasteiger partial charge on any atom is -0.508 e. The van der Waals surface area contributed by atoms with E-state index in [2.05, 4.69) is 10.2 Å². The fourth-order valence-corrected chi connectivity index (χ4v) is 2.26. The zero-order valence-electron chi connectivity index (χ0n) is 8.07. The Hall–Kier alpha value is -1.13. The maximum Gasteiger partial charge on any atom is 0.148 e. The summed E-state index contributed by atoms with van der Waals surface area (Å²) >= 11 is 7.10. The molecular formula is C10H9ClN2OS. The number of aromatic nitrogens is 2. The Bertz CT molecular complexity index is 484. The van der Waals surface area contributed by atoms with E-state index in [9.17, 15) is 5.11 Å². The van der Waals surface area contributed by atoms with Gasteiger partial charge in [0.15, 0.2) is 0 Å². The van der Waals surface area contributed by atoms with Gasteiger partial charge in [-0.15, -0.1) is 21.8 Å². The number of hydrogen-bond donors (Lipinski definition) is 1. The number of halogens is 1. The first-order valence-electron chi connectivity index (χ1n) is 4.39. The molecule has 0 unspecified atom stereocenters. The van der Waals surface area contributed by atoms with Crippen molar-refractivity contribution in [1.29, 1.82) is 0 Å². The van der Waals surface area contributed by atoms with E-state index in [0.717, 1.165) is 21.1 Å². The Morgan fingerprint density at radius 3 is 2.87 bits per heavy atom. The number of aromatic hydroxyl groups is 1. The highest BCUT2D eigenvalue weighted by Gasteiger charge is 2.10. The first-order chi connectivity index (χ1) is 7.22. The maximum atomic E-state index is 9.56. The smallest absolute Gasteiger partial charge is 0.148 e. The van der Waals surface area contributed by atoms with E-state index < -0.39 is 0 Å². The van der Waals surface area contributed by atoms with E-state index in [4.69, 9.17) is 11.6 Å². The number of nitrogens with zero attached hydrogens (tertiary/aromatic N) is 2. The molecule has 0 atom stereocenters. The Morgan fingerprint density at radius 1 is 1.40 bits per heavy atom. The van der Waals surface area contributed by atoms with Crippen LogP contribution in [0.1, 0.15) is 10.6 Å². The summed E-state index contributed by atoms with van der Waals surface area (Å²) in [6.45, 7) is 1.85. The number of benzene rings is 1. The molecule has 0 spiro atoms. The molecule has 5 heteroatoms. The van der Waals surface area contributed by atoms with Crippen LogP contribution in [0, 0.1) is 6.92 Å². The first kappa shape index (κ1) is 10.4. The van der Waals surface area contributed by atoms with Crippen LogP contribution in [0.15, 0.2) is 18.2 Å². The third kappa shape index (κ3) is 1.96. The Balaban J connectivity index is 2.49. The summed E-state index contributed by atoms with van der Waals surface area (Å²) in [5.41, 5.74) is 1.72. The third-order valence-corrected chi connectivity index (χ3v) is 3.48. The van der Waals surface area contributed by atoms with E-state index in [0.29, 0.717) is 5.88 Å². The van der Waals surface area contributed by atoms with Crippen LogP contribution in [0.4, 0.5) is 0 Å². The zero-order chi connectivity index (χ0) is 10.8. The lowest BCUT2D eigenvalue weighted by atomic mass is 10.1. The first-order valence-corrected chi connectivity index (χ1v) is 5.74. The van der Waals surface area contributed by atoms with E-state index in [1.54, 1.807) is 12.1 Å². The van der Waals surface area contributed by atoms with Crippen molar-refractivity contribution in [3.05, 3.63) is 28.8 Å². The van der Waals surface area contributed by atoms with Gasteiger partial charge in [0, 0.05) is 11.1 Å². The second-order valence-electron chi connectivity index (χ2n) is 3.08. The highest BCUT2D eigenvalue weighted by Crippen LogP contribution is 2.31. The second kappa shape index (κ2) is 4.16. The minimum absolute atomic E-state index is 0.273. The van der Waals surface area contributed by atoms with Crippen molar-refractivity contribution in [3.63, 3.8) is 0 Å². The number of phenolic OH excluding ortho intramolecular Hbond substituents is 1. The van der Waals surface area contributed by atoms with Gasteiger partial charge >= 0.3 is 0 Å². The molecule has 1 aromatic heterocycles. The average molecular weight is 241 g/mol. The van der Waals surface area contributed by atoms with Gasteiger partial charge in [0.1, 0.15) is 15.8 Å². The van der Waals surface area contributed by atoms with Crippen molar-refractivity contribution in [1.82, 2.24) is 10.2 Å². The van der Waals surface area contributed by atoms with Gasteiger partial charge in [0.25, 0.3) is 0 Å². The molecule has 0 amide bonds. The standard InChI is InChI=1S/C10H9ClN2OS/c1-6-7(3-2-4-8(6)14)10-13-12-9(5-11)15-10/h2-4,14H,5H2,1H3. The third-order valence-electron chi connectivity index (χ3n) is 2.12. The van der Waals surface area contributed by atoms with Crippen molar-refractivity contribution < 1.29 is 5.11 Å². The van der Waals surface area contributed by atoms with E-state index >= 15 is 0 Å². The number of hydrogen-bond acceptors (Lipinski definition) is 4. The van der Waals surface area contributed by atoms with Crippen LogP contribution < -0.4 is 0 Å². The lowest BCUT2D eigenvalue weighted by Gasteiger charge is -2.02. The molecule has 2 aromatic rings. The van der Waals surface area contributed by atoms with Crippen LogP contribution in [-0.4, -0.2) is 15.3 Å². The van der Waals surface area contributed by atoms with Gasteiger partial charge in [0.05, 0.1) is 5.88 Å². The van der Waals surface area contributed by atoms with Crippen LogP contribution in [0.25, 0.3) is 10.6 Å². The quantitative estimate of drug-likeness (QED) is 0.821. The van der Waals surface area contributed by atoms with Gasteiger partial charge in [-0.1, -0.05) is 23.5 Å². The zero-order valence-corrected chi connectivity index (χ0v) is 9.64. The molecule has 0 aliphatic heterocycles. The summed E-state index contributed by atoms with van der Waals surface area (Å²) in [6.07, 6.45) is 0. The second-order valence-corrected chi connectivity index (χ2v) is 4.41. The summed E-state index contributed by atoms with van der Waals surface area (Å²) in [5, 5.41) is 19.1. The van der Waals surface area contributed by atoms with E-state index in [1.807, 2.05) is 13.0 Å². The molecule has 1 aromatic carbocycles. The summed E-state index contributed by atoms with van der Waals surface area (Å²) in [5.74, 6) is 0.644. The van der Waals surface area contributed by atoms with Gasteiger partial charge in [0.2, 0.25) is 0 Å². The Morgan fingerprint density at radius 2 is 2.20 bits per heavy atom. The molecule has 1 heterocycles. The minimum atomic E-state index is 0.273. The van der Waals surface area contributed by atoms with Gasteiger partial charge in [-0.25, -0.2) is 0 Å². The predicted octanol–water partition coefficient (Wildman–Crippen LogP) is 2.96. The van der Waals surface area contributed by atoms with E-state index in [1.165, 1.54) is 11.3 Å². The van der Waals surface area contributed by atoms with Crippen molar-refractivity contribution in [2.24, 2.45) is 0 Å². The van der Waals surface area contributed by atoms with Crippen LogP contribution >= 0.6 is 22.9 Å². The molecule has 1 N–H and O–H groups in total. The molecule has 3 nitrogen and oxygen atoms in total. The fraction of sp³-hybridized carbons (Fsp3) is 0.200. The number of phenols is 1. The van der Waals surface area contributed by atoms with Crippen molar-refractivity contribution >= 4 is 22.9 Å². The molecule has 0 radical (unpaired) electrons. The summed E-state index contributed by atoms with van der Waals surface area (Å²) in [4.78, 5) is 0. The fourth-order valence-electron chi connectivity index (χ4n) is 1.27. The lowest BCUT2D eigenvalue weighted by molar-refractivity contribution is 0.471. The summed E-state index contributed by atoms with van der Waals surface area (Å²) < 4.78 is 0. The molecule has 2 rings (SSSR count). The van der Waals surface area contributed by atoms with Crippen LogP contribution in [0.3, 0.4) is 0 Å². The van der Waals surface area contributed by atoms with Gasteiger partial charge < -0.3 is 5.11 Å². The van der Waals surface area contributed by atoms with Crippen molar-refractivity contribution in [2.75, 3.05) is 0 Å². The highest BCUT2D eigenvalue weighted by atomic mass is 35.5. The molecular weight excluding hydrogens is 232 g/mol. The predicted molar refractivity (Wildman–Crippen MR) is 61.3 cm³/mol. The SMILES string of the molecule is Cc1c(O)cccc1-c1nnc(CCl)s1. The monoisotopic (exact) mass is 240 g/mol. The molecule has 0 saturated heterocycles. The normalized spacial score (nSPS) is 10.5. The largest absolute Gasteiger partial charge is 0.508 e. The molecule has 78 valence electrons. The van der Waals surface area contributed by atoms with Gasteiger partial charge in [-0.05, 0) is 13.0 Å². The van der Waals surface area contributed by atoms with Gasteiger partial charge in [-0.2, -0.15) is 0 Å². The Labute approximate surface area is 96.4 Å². The summed E-state index contributed by atoms with van der Waals surface area (Å²) in [7, 11) is 0. The summed E-state index contributed by atoms with van der Waals surface area (Å²) in [6, 6.07) is 5.36. The maximum absolute atomic E-state index is 9.56. The Kier molecular flexibility index (Phi) is 2.88. The molecule has 0 aliphatic carbocycles. The topological polar surface area (TPSA) is 46.0 Å². The van der Waals surface area contributed by atoms with Gasteiger partial charge in [-0.3, -0.25) is 0 Å². The van der Waals surface area contributed by atoms with E-state index in [-0.39, 0.29) is 5.75 Å². The molecule has 15 heavy (non-hydrogen) atoms. The average Bonchev–Trinajstić information content (AvgIpc) is 2.70. The molecule has 0 saturated carbocycles. The van der Waals surface area contributed by atoms with Crippen LogP contribution in [0.5, 0.6) is 5.75 Å². The van der Waals surface area contributed by atoms with Crippen LogP contribution in [-0.2, 0) is 5.88 Å². The molecule has 0 fully saturated rings. The number of alkyl halides is 1.